The molecule has 2 fully saturated rings. The lowest BCUT2D eigenvalue weighted by atomic mass is 9.70. The molecule has 0 aromatic heterocycles. The van der Waals surface area contributed by atoms with E-state index in [1.165, 1.54) is 51.4 Å². The minimum absolute atomic E-state index is 0.195. The number of unbranched alkanes of at least 4 members (excludes halogenated alkanes) is 2. The van der Waals surface area contributed by atoms with Crippen LogP contribution in [0.1, 0.15) is 89.5 Å². The van der Waals surface area contributed by atoms with E-state index in [1.54, 1.807) is 0 Å². The van der Waals surface area contributed by atoms with E-state index in [0.717, 1.165) is 49.1 Å². The SMILES string of the molecule is CCCCCC1CCC(C2CCC(OC(F)(F)c3ccc(-c4ccc(-c5cc(F)c(F)c(F)c5)c(F)c4)c(F)c3F)CC2)CC1. The third-order valence-electron chi connectivity index (χ3n) is 9.78. The van der Waals surface area contributed by atoms with Crippen LogP contribution in [0.3, 0.4) is 0 Å². The molecular formula is C36H38F8O. The summed E-state index contributed by atoms with van der Waals surface area (Å²) in [7, 11) is 0. The zero-order valence-corrected chi connectivity index (χ0v) is 25.3. The van der Waals surface area contributed by atoms with Crippen LogP contribution in [-0.4, -0.2) is 6.10 Å². The topological polar surface area (TPSA) is 9.23 Å². The summed E-state index contributed by atoms with van der Waals surface area (Å²) in [6.07, 6.45) is 7.40. The number of halogens is 8. The Morgan fingerprint density at radius 2 is 1.20 bits per heavy atom. The summed E-state index contributed by atoms with van der Waals surface area (Å²) < 4.78 is 121. The molecule has 0 bridgehead atoms. The summed E-state index contributed by atoms with van der Waals surface area (Å²) in [6, 6.07) is 5.79. The summed E-state index contributed by atoms with van der Waals surface area (Å²) >= 11 is 0. The Balaban J connectivity index is 1.21. The van der Waals surface area contributed by atoms with E-state index in [4.69, 9.17) is 4.74 Å². The second-order valence-electron chi connectivity index (χ2n) is 12.7. The number of ether oxygens (including phenoxy) is 1. The third kappa shape index (κ3) is 7.55. The first-order valence-corrected chi connectivity index (χ1v) is 16.0. The van der Waals surface area contributed by atoms with Crippen LogP contribution in [0.15, 0.2) is 42.5 Å². The van der Waals surface area contributed by atoms with Crippen molar-refractivity contribution in [1.82, 2.24) is 0 Å². The maximum atomic E-state index is 15.2. The fourth-order valence-corrected chi connectivity index (χ4v) is 7.21. The quantitative estimate of drug-likeness (QED) is 0.122. The number of alkyl halides is 2. The Hall–Kier alpha value is -2.94. The highest BCUT2D eigenvalue weighted by molar-refractivity contribution is 5.71. The van der Waals surface area contributed by atoms with E-state index < -0.39 is 58.2 Å². The molecular weight excluding hydrogens is 600 g/mol. The fraction of sp³-hybridized carbons (Fsp3) is 0.500. The van der Waals surface area contributed by atoms with Crippen molar-refractivity contribution in [2.24, 2.45) is 17.8 Å². The smallest absolute Gasteiger partial charge is 0.313 e. The number of hydrogen-bond acceptors (Lipinski definition) is 1. The van der Waals surface area contributed by atoms with Gasteiger partial charge in [-0.2, -0.15) is 8.78 Å². The highest BCUT2D eigenvalue weighted by atomic mass is 19.3. The molecule has 0 unspecified atom stereocenters. The maximum absolute atomic E-state index is 15.2. The number of benzene rings is 3. The van der Waals surface area contributed by atoms with Gasteiger partial charge in [0.05, 0.1) is 11.7 Å². The molecule has 9 heteroatoms. The molecule has 0 N–H and O–H groups in total. The lowest BCUT2D eigenvalue weighted by Crippen LogP contribution is -2.33. The van der Waals surface area contributed by atoms with Crippen molar-refractivity contribution in [3.8, 4) is 22.3 Å². The Bertz CT molecular complexity index is 1450. The van der Waals surface area contributed by atoms with E-state index in [0.29, 0.717) is 36.8 Å². The molecule has 0 atom stereocenters. The molecule has 0 radical (unpaired) electrons. The van der Waals surface area contributed by atoms with Crippen LogP contribution >= 0.6 is 0 Å². The van der Waals surface area contributed by atoms with Crippen LogP contribution < -0.4 is 0 Å². The normalized spacial score (nSPS) is 22.5. The van der Waals surface area contributed by atoms with Crippen LogP contribution in [0.4, 0.5) is 35.1 Å². The van der Waals surface area contributed by atoms with E-state index >= 15 is 17.6 Å². The van der Waals surface area contributed by atoms with Crippen molar-refractivity contribution in [1.29, 1.82) is 0 Å². The predicted octanol–water partition coefficient (Wildman–Crippen LogP) is 11.9. The van der Waals surface area contributed by atoms with Gasteiger partial charge in [-0.1, -0.05) is 63.6 Å². The molecule has 0 heterocycles. The second kappa shape index (κ2) is 14.2. The molecule has 0 saturated heterocycles. The highest BCUT2D eigenvalue weighted by Crippen LogP contribution is 2.44. The van der Waals surface area contributed by atoms with Gasteiger partial charge in [-0.3, -0.25) is 0 Å². The highest BCUT2D eigenvalue weighted by Gasteiger charge is 2.42. The first-order chi connectivity index (χ1) is 21.5. The van der Waals surface area contributed by atoms with Gasteiger partial charge >= 0.3 is 6.11 Å². The second-order valence-corrected chi connectivity index (χ2v) is 12.7. The van der Waals surface area contributed by atoms with E-state index in [9.17, 15) is 17.6 Å². The van der Waals surface area contributed by atoms with Gasteiger partial charge in [-0.15, -0.1) is 0 Å². The summed E-state index contributed by atoms with van der Waals surface area (Å²) in [5, 5.41) is 0. The van der Waals surface area contributed by atoms with Crippen molar-refractivity contribution < 1.29 is 39.9 Å². The largest absolute Gasteiger partial charge is 0.386 e. The van der Waals surface area contributed by atoms with Gasteiger partial charge in [-0.05, 0) is 91.7 Å². The Kier molecular flexibility index (Phi) is 10.6. The summed E-state index contributed by atoms with van der Waals surface area (Å²) in [5.74, 6) is -7.39. The first-order valence-electron chi connectivity index (χ1n) is 16.0. The summed E-state index contributed by atoms with van der Waals surface area (Å²) in [4.78, 5) is 0. The van der Waals surface area contributed by atoms with Crippen molar-refractivity contribution in [3.63, 3.8) is 0 Å². The van der Waals surface area contributed by atoms with Crippen LogP contribution in [0.25, 0.3) is 22.3 Å². The molecule has 3 aromatic carbocycles. The molecule has 1 nitrogen and oxygen atoms in total. The molecule has 244 valence electrons. The molecule has 45 heavy (non-hydrogen) atoms. The fourth-order valence-electron chi connectivity index (χ4n) is 7.21. The zero-order valence-electron chi connectivity index (χ0n) is 25.3. The Labute approximate surface area is 259 Å². The first kappa shape index (κ1) is 33.4. The molecule has 0 aliphatic heterocycles. The van der Waals surface area contributed by atoms with Gasteiger partial charge in [0.25, 0.3) is 0 Å². The van der Waals surface area contributed by atoms with Crippen LogP contribution in [-0.2, 0) is 10.8 Å². The third-order valence-corrected chi connectivity index (χ3v) is 9.78. The standard InChI is InChI=1S/C36H38F8O/c1-2-3-4-5-21-6-8-22(9-7-21)23-10-13-26(14-11-23)45-36(43,44)29-17-16-28(33(40)34(29)41)24-12-15-27(30(37)18-24)25-19-31(38)35(42)32(39)20-25/h12,15-23,26H,2-11,13-14H2,1H3. The average molecular weight is 639 g/mol. The molecule has 0 amide bonds. The van der Waals surface area contributed by atoms with Crippen molar-refractivity contribution in [2.75, 3.05) is 0 Å². The molecule has 2 aliphatic carbocycles. The van der Waals surface area contributed by atoms with E-state index in [2.05, 4.69) is 6.92 Å². The van der Waals surface area contributed by atoms with Crippen molar-refractivity contribution in [2.45, 2.75) is 96.2 Å². The van der Waals surface area contributed by atoms with Gasteiger partial charge in [0.2, 0.25) is 0 Å². The molecule has 5 rings (SSSR count). The van der Waals surface area contributed by atoms with Crippen molar-refractivity contribution in [3.05, 3.63) is 82.9 Å². The maximum Gasteiger partial charge on any atom is 0.386 e. The molecule has 2 saturated carbocycles. The minimum Gasteiger partial charge on any atom is -0.313 e. The van der Waals surface area contributed by atoms with Gasteiger partial charge in [0, 0.05) is 11.1 Å². The lowest BCUT2D eigenvalue weighted by Gasteiger charge is -2.38. The van der Waals surface area contributed by atoms with Crippen molar-refractivity contribution >= 4 is 0 Å². The van der Waals surface area contributed by atoms with E-state index in [-0.39, 0.29) is 16.7 Å². The predicted molar refractivity (Wildman–Crippen MR) is 157 cm³/mol. The number of hydrogen-bond donors (Lipinski definition) is 0. The van der Waals surface area contributed by atoms with E-state index in [1.807, 2.05) is 0 Å². The van der Waals surface area contributed by atoms with Gasteiger partial charge < -0.3 is 4.74 Å². The van der Waals surface area contributed by atoms with Gasteiger partial charge in [-0.25, -0.2) is 26.3 Å². The Morgan fingerprint density at radius 3 is 1.80 bits per heavy atom. The van der Waals surface area contributed by atoms with Crippen LogP contribution in [0.2, 0.25) is 0 Å². The lowest BCUT2D eigenvalue weighted by molar-refractivity contribution is -0.279. The Morgan fingerprint density at radius 1 is 0.622 bits per heavy atom. The van der Waals surface area contributed by atoms with Crippen LogP contribution in [0, 0.1) is 52.7 Å². The number of rotatable bonds is 10. The summed E-state index contributed by atoms with van der Waals surface area (Å²) in [5.41, 5.74) is -2.57. The van der Waals surface area contributed by atoms with Gasteiger partial charge in [0.15, 0.2) is 29.1 Å². The molecule has 2 aliphatic rings. The molecule has 0 spiro atoms. The van der Waals surface area contributed by atoms with Gasteiger partial charge in [0.1, 0.15) is 5.82 Å². The minimum atomic E-state index is -4.08. The average Bonchev–Trinajstić information content (AvgIpc) is 3.01. The summed E-state index contributed by atoms with van der Waals surface area (Å²) in [6.45, 7) is 2.21. The molecule has 3 aromatic rings. The monoisotopic (exact) mass is 638 g/mol. The zero-order chi connectivity index (χ0) is 32.3. The van der Waals surface area contributed by atoms with Crippen LogP contribution in [0.5, 0.6) is 0 Å².